The molecule has 2 atom stereocenters. The van der Waals surface area contributed by atoms with Crippen molar-refractivity contribution in [3.05, 3.63) is 21.9 Å². The van der Waals surface area contributed by atoms with Crippen LogP contribution in [0.1, 0.15) is 15.8 Å². The molecule has 3 nitrogen and oxygen atoms in total. The lowest BCUT2D eigenvalue weighted by atomic mass is 10.2. The van der Waals surface area contributed by atoms with Gasteiger partial charge >= 0.3 is 5.97 Å². The number of hydrogen-bond acceptors (Lipinski definition) is 4. The highest BCUT2D eigenvalue weighted by molar-refractivity contribution is 7.99. The molecular weight excluding hydrogens is 218 g/mol. The minimum atomic E-state index is -0.755. The number of thioether (sulfide) groups is 1. The van der Waals surface area contributed by atoms with Gasteiger partial charge in [0.15, 0.2) is 0 Å². The van der Waals surface area contributed by atoms with Crippen LogP contribution in [0.5, 0.6) is 0 Å². The quantitative estimate of drug-likeness (QED) is 0.812. The molecule has 0 radical (unpaired) electrons. The molecule has 2 rings (SSSR count). The van der Waals surface area contributed by atoms with Crippen molar-refractivity contribution in [1.29, 1.82) is 0 Å². The molecule has 14 heavy (non-hydrogen) atoms. The second kappa shape index (κ2) is 3.92. The Morgan fingerprint density at radius 1 is 1.71 bits per heavy atom. The van der Waals surface area contributed by atoms with E-state index < -0.39 is 12.0 Å². The zero-order valence-corrected chi connectivity index (χ0v) is 9.32. The fourth-order valence-corrected chi connectivity index (χ4v) is 3.87. The minimum Gasteiger partial charge on any atom is -0.480 e. The number of carboxylic acid groups (broad SMARTS) is 1. The largest absolute Gasteiger partial charge is 0.480 e. The lowest BCUT2D eigenvalue weighted by Gasteiger charge is -2.09. The Hall–Kier alpha value is -0.520. The van der Waals surface area contributed by atoms with Crippen molar-refractivity contribution in [2.75, 3.05) is 5.75 Å². The molecule has 1 fully saturated rings. The van der Waals surface area contributed by atoms with E-state index in [1.165, 1.54) is 10.4 Å². The van der Waals surface area contributed by atoms with Crippen molar-refractivity contribution < 1.29 is 9.90 Å². The highest BCUT2D eigenvalue weighted by Crippen LogP contribution is 2.37. The fourth-order valence-electron chi connectivity index (χ4n) is 1.42. The standard InChI is InChI=1S/C9H11NO2S2/c1-5-2-3-13-7(5)8-10-6(4-14-8)9(11)12/h2-3,6,8,10H,4H2,1H3,(H,11,12)/t6-,8-/m0/s1. The minimum absolute atomic E-state index is 0.163. The first kappa shape index (κ1) is 10.0. The monoisotopic (exact) mass is 229 g/mol. The maximum Gasteiger partial charge on any atom is 0.321 e. The Morgan fingerprint density at radius 3 is 3.00 bits per heavy atom. The molecule has 0 amide bonds. The molecule has 2 N–H and O–H groups in total. The van der Waals surface area contributed by atoms with Crippen LogP contribution in [0.25, 0.3) is 0 Å². The van der Waals surface area contributed by atoms with Crippen molar-refractivity contribution in [1.82, 2.24) is 5.32 Å². The fraction of sp³-hybridized carbons (Fsp3) is 0.444. The molecule has 1 saturated heterocycles. The summed E-state index contributed by atoms with van der Waals surface area (Å²) in [6.45, 7) is 2.06. The SMILES string of the molecule is Cc1ccsc1[C@H]1N[C@H](C(=O)O)CS1. The molecule has 0 unspecified atom stereocenters. The zero-order valence-electron chi connectivity index (χ0n) is 7.69. The molecule has 0 bridgehead atoms. The van der Waals surface area contributed by atoms with Gasteiger partial charge in [-0.05, 0) is 23.9 Å². The van der Waals surface area contributed by atoms with Crippen LogP contribution in [0.2, 0.25) is 0 Å². The van der Waals surface area contributed by atoms with E-state index in [9.17, 15) is 4.79 Å². The summed E-state index contributed by atoms with van der Waals surface area (Å²) < 4.78 is 0. The first-order valence-electron chi connectivity index (χ1n) is 4.33. The Balaban J connectivity index is 2.10. The average molecular weight is 229 g/mol. The second-order valence-electron chi connectivity index (χ2n) is 3.24. The zero-order chi connectivity index (χ0) is 10.1. The third kappa shape index (κ3) is 1.80. The molecule has 5 heteroatoms. The van der Waals surface area contributed by atoms with Crippen molar-refractivity contribution in [2.24, 2.45) is 0 Å². The van der Waals surface area contributed by atoms with Crippen LogP contribution in [0.3, 0.4) is 0 Å². The third-order valence-electron chi connectivity index (χ3n) is 2.22. The van der Waals surface area contributed by atoms with Gasteiger partial charge in [0.25, 0.3) is 0 Å². The van der Waals surface area contributed by atoms with E-state index >= 15 is 0 Å². The number of hydrogen-bond donors (Lipinski definition) is 2. The molecule has 0 saturated carbocycles. The molecule has 0 aromatic carbocycles. The van der Waals surface area contributed by atoms with Crippen LogP contribution >= 0.6 is 23.1 Å². The van der Waals surface area contributed by atoms with E-state index in [-0.39, 0.29) is 5.37 Å². The maximum atomic E-state index is 10.7. The lowest BCUT2D eigenvalue weighted by Crippen LogP contribution is -2.33. The van der Waals surface area contributed by atoms with Crippen LogP contribution < -0.4 is 5.32 Å². The Bertz CT molecular complexity index is 350. The van der Waals surface area contributed by atoms with E-state index in [1.54, 1.807) is 23.1 Å². The molecule has 76 valence electrons. The smallest absolute Gasteiger partial charge is 0.321 e. The lowest BCUT2D eigenvalue weighted by molar-refractivity contribution is -0.138. The van der Waals surface area contributed by atoms with E-state index in [4.69, 9.17) is 5.11 Å². The summed E-state index contributed by atoms with van der Waals surface area (Å²) in [5, 5.41) is 14.1. The number of aryl methyl sites for hydroxylation is 1. The normalized spacial score (nSPS) is 26.6. The summed E-state index contributed by atoms with van der Waals surface area (Å²) in [4.78, 5) is 12.0. The molecule has 1 aromatic rings. The van der Waals surface area contributed by atoms with E-state index in [0.29, 0.717) is 5.75 Å². The molecule has 0 aliphatic carbocycles. The summed E-state index contributed by atoms with van der Waals surface area (Å²) in [5.74, 6) is -0.105. The first-order valence-corrected chi connectivity index (χ1v) is 6.26. The number of carbonyl (C=O) groups is 1. The van der Waals surface area contributed by atoms with Crippen LogP contribution in [-0.4, -0.2) is 22.9 Å². The predicted octanol–water partition coefficient (Wildman–Crippen LogP) is 1.84. The van der Waals surface area contributed by atoms with Gasteiger partial charge in [0, 0.05) is 10.6 Å². The molecule has 1 aromatic heterocycles. The molecule has 0 spiro atoms. The van der Waals surface area contributed by atoms with Crippen LogP contribution in [-0.2, 0) is 4.79 Å². The Morgan fingerprint density at radius 2 is 2.50 bits per heavy atom. The van der Waals surface area contributed by atoms with Gasteiger partial charge in [-0.2, -0.15) is 0 Å². The summed E-state index contributed by atoms with van der Waals surface area (Å²) >= 11 is 3.35. The maximum absolute atomic E-state index is 10.7. The molecule has 2 heterocycles. The van der Waals surface area contributed by atoms with Crippen molar-refractivity contribution in [3.8, 4) is 0 Å². The van der Waals surface area contributed by atoms with Crippen molar-refractivity contribution in [3.63, 3.8) is 0 Å². The number of rotatable bonds is 2. The molecular formula is C9H11NO2S2. The number of thiophene rings is 1. The average Bonchev–Trinajstić information content (AvgIpc) is 2.71. The van der Waals surface area contributed by atoms with Gasteiger partial charge in [0.2, 0.25) is 0 Å². The Kier molecular flexibility index (Phi) is 2.80. The summed E-state index contributed by atoms with van der Waals surface area (Å²) in [5.41, 5.74) is 1.24. The van der Waals surface area contributed by atoms with E-state index in [1.807, 2.05) is 5.38 Å². The summed E-state index contributed by atoms with van der Waals surface area (Å²) in [7, 11) is 0. The Labute approximate surface area is 90.5 Å². The highest BCUT2D eigenvalue weighted by Gasteiger charge is 2.31. The van der Waals surface area contributed by atoms with Gasteiger partial charge in [-0.3, -0.25) is 10.1 Å². The van der Waals surface area contributed by atoms with E-state index in [0.717, 1.165) is 0 Å². The second-order valence-corrected chi connectivity index (χ2v) is 5.32. The number of aliphatic carboxylic acids is 1. The number of carboxylic acids is 1. The number of nitrogens with one attached hydrogen (secondary N) is 1. The van der Waals surface area contributed by atoms with E-state index in [2.05, 4.69) is 18.3 Å². The van der Waals surface area contributed by atoms with Crippen molar-refractivity contribution >= 4 is 29.1 Å². The van der Waals surface area contributed by atoms with Gasteiger partial charge in [-0.15, -0.1) is 23.1 Å². The van der Waals surface area contributed by atoms with Gasteiger partial charge < -0.3 is 5.11 Å². The van der Waals surface area contributed by atoms with Crippen LogP contribution in [0.15, 0.2) is 11.4 Å². The first-order chi connectivity index (χ1) is 6.68. The predicted molar refractivity (Wildman–Crippen MR) is 58.8 cm³/mol. The van der Waals surface area contributed by atoms with Gasteiger partial charge in [0.05, 0.1) is 5.37 Å². The summed E-state index contributed by atoms with van der Waals surface area (Å²) in [6.07, 6.45) is 0. The van der Waals surface area contributed by atoms with Crippen molar-refractivity contribution in [2.45, 2.75) is 18.3 Å². The highest BCUT2D eigenvalue weighted by atomic mass is 32.2. The van der Waals surface area contributed by atoms with Crippen LogP contribution in [0.4, 0.5) is 0 Å². The van der Waals surface area contributed by atoms with Crippen LogP contribution in [0, 0.1) is 6.92 Å². The van der Waals surface area contributed by atoms with Gasteiger partial charge in [-0.25, -0.2) is 0 Å². The van der Waals surface area contributed by atoms with Gasteiger partial charge in [0.1, 0.15) is 6.04 Å². The topological polar surface area (TPSA) is 49.3 Å². The molecule has 1 aliphatic heterocycles. The third-order valence-corrected chi connectivity index (χ3v) is 4.68. The van der Waals surface area contributed by atoms with Gasteiger partial charge in [-0.1, -0.05) is 0 Å². The molecule has 1 aliphatic rings. The summed E-state index contributed by atoms with van der Waals surface area (Å²) in [6, 6.07) is 1.67.